The molecule has 0 aliphatic carbocycles. The van der Waals surface area contributed by atoms with Gasteiger partial charge in [0, 0.05) is 42.5 Å². The van der Waals surface area contributed by atoms with Crippen molar-refractivity contribution in [2.75, 3.05) is 18.8 Å². The number of anilines is 1. The largest absolute Gasteiger partial charge is 0.488 e. The molecular weight excluding hydrogens is 362 g/mol. The summed E-state index contributed by atoms with van der Waals surface area (Å²) < 4.78 is 6.01. The van der Waals surface area contributed by atoms with Gasteiger partial charge in [-0.25, -0.2) is 0 Å². The van der Waals surface area contributed by atoms with Crippen LogP contribution in [0.1, 0.15) is 23.2 Å². The summed E-state index contributed by atoms with van der Waals surface area (Å²) in [5, 5.41) is 1.56. The van der Waals surface area contributed by atoms with Crippen LogP contribution in [0.4, 0.5) is 5.69 Å². The molecule has 1 aliphatic heterocycles. The predicted octanol–water partition coefficient (Wildman–Crippen LogP) is 4.15. The normalized spacial score (nSPS) is 15.1. The van der Waals surface area contributed by atoms with Gasteiger partial charge in [-0.1, -0.05) is 29.8 Å². The molecule has 0 unspecified atom stereocenters. The lowest BCUT2D eigenvalue weighted by Gasteiger charge is -2.32. The number of carbonyl (C=O) groups is 1. The van der Waals surface area contributed by atoms with E-state index in [-0.39, 0.29) is 12.0 Å². The minimum Gasteiger partial charge on any atom is -0.488 e. The number of nitrogen functional groups attached to an aromatic ring is 1. The summed E-state index contributed by atoms with van der Waals surface area (Å²) in [6.45, 7) is 1.28. The number of nitrogens with zero attached hydrogens (tertiary/aromatic N) is 2. The minimum atomic E-state index is 0.0174. The number of piperidine rings is 1. The van der Waals surface area contributed by atoms with Crippen molar-refractivity contribution >= 4 is 34.1 Å². The summed E-state index contributed by atoms with van der Waals surface area (Å²) in [7, 11) is 0. The Bertz CT molecular complexity index is 979. The summed E-state index contributed by atoms with van der Waals surface area (Å²) in [4.78, 5) is 19.2. The molecular formula is C21H20ClN3O2. The van der Waals surface area contributed by atoms with Crippen LogP contribution in [0, 0.1) is 0 Å². The van der Waals surface area contributed by atoms with Crippen LogP contribution in [0.3, 0.4) is 0 Å². The zero-order valence-corrected chi connectivity index (χ0v) is 15.5. The first-order valence-electron chi connectivity index (χ1n) is 8.96. The topological polar surface area (TPSA) is 68.5 Å². The van der Waals surface area contributed by atoms with Crippen LogP contribution < -0.4 is 10.5 Å². The molecule has 0 bridgehead atoms. The third-order valence-corrected chi connectivity index (χ3v) is 5.09. The third-order valence-electron chi connectivity index (χ3n) is 4.86. The fraction of sp³-hybridized carbons (Fsp3) is 0.238. The monoisotopic (exact) mass is 381 g/mol. The maximum Gasteiger partial charge on any atom is 0.256 e. The van der Waals surface area contributed by atoms with Gasteiger partial charge in [0.15, 0.2) is 0 Å². The molecule has 2 aromatic carbocycles. The Balaban J connectivity index is 1.43. The van der Waals surface area contributed by atoms with Crippen LogP contribution in [0.25, 0.3) is 10.9 Å². The number of nitrogens with two attached hydrogens (primary N) is 1. The highest BCUT2D eigenvalue weighted by Gasteiger charge is 2.26. The molecule has 1 aliphatic rings. The molecule has 0 atom stereocenters. The number of rotatable bonds is 3. The van der Waals surface area contributed by atoms with E-state index in [9.17, 15) is 4.79 Å². The molecule has 1 amide bonds. The molecule has 1 saturated heterocycles. The molecule has 0 radical (unpaired) electrons. The predicted molar refractivity (Wildman–Crippen MR) is 107 cm³/mol. The van der Waals surface area contributed by atoms with Crippen LogP contribution >= 0.6 is 11.6 Å². The van der Waals surface area contributed by atoms with Crippen molar-refractivity contribution in [3.63, 3.8) is 0 Å². The first-order valence-corrected chi connectivity index (χ1v) is 9.34. The number of ether oxygens (including phenoxy) is 1. The fourth-order valence-electron chi connectivity index (χ4n) is 3.43. The van der Waals surface area contributed by atoms with Gasteiger partial charge in [-0.3, -0.25) is 9.78 Å². The van der Waals surface area contributed by atoms with E-state index in [1.807, 2.05) is 35.2 Å². The molecule has 2 heterocycles. The number of likely N-dealkylation sites (tertiary alicyclic amines) is 1. The molecule has 0 saturated carbocycles. The van der Waals surface area contributed by atoms with Crippen molar-refractivity contribution in [1.29, 1.82) is 0 Å². The number of para-hydroxylation sites is 1. The van der Waals surface area contributed by atoms with Gasteiger partial charge in [-0.05, 0) is 30.3 Å². The lowest BCUT2D eigenvalue weighted by Crippen LogP contribution is -2.41. The SMILES string of the molecule is Nc1cc(Cl)ccc1OC1CCN(C(=O)c2cccc3cccnc23)CC1. The second kappa shape index (κ2) is 7.45. The summed E-state index contributed by atoms with van der Waals surface area (Å²) in [5.74, 6) is 0.659. The molecule has 2 N–H and O–H groups in total. The van der Waals surface area contributed by atoms with Gasteiger partial charge < -0.3 is 15.4 Å². The van der Waals surface area contributed by atoms with Crippen LogP contribution in [-0.4, -0.2) is 35.0 Å². The maximum atomic E-state index is 13.0. The molecule has 138 valence electrons. The van der Waals surface area contributed by atoms with E-state index in [1.54, 1.807) is 24.4 Å². The highest BCUT2D eigenvalue weighted by atomic mass is 35.5. The lowest BCUT2D eigenvalue weighted by atomic mass is 10.0. The van der Waals surface area contributed by atoms with E-state index in [0.717, 1.165) is 23.7 Å². The van der Waals surface area contributed by atoms with E-state index >= 15 is 0 Å². The van der Waals surface area contributed by atoms with E-state index in [2.05, 4.69) is 4.98 Å². The van der Waals surface area contributed by atoms with Gasteiger partial charge >= 0.3 is 0 Å². The summed E-state index contributed by atoms with van der Waals surface area (Å²) in [5.41, 5.74) is 7.89. The Kier molecular flexibility index (Phi) is 4.86. The first kappa shape index (κ1) is 17.6. The highest BCUT2D eigenvalue weighted by molar-refractivity contribution is 6.30. The van der Waals surface area contributed by atoms with Crippen molar-refractivity contribution in [2.45, 2.75) is 18.9 Å². The number of amides is 1. The number of fused-ring (bicyclic) bond motifs is 1. The number of halogens is 1. The van der Waals surface area contributed by atoms with Crippen molar-refractivity contribution < 1.29 is 9.53 Å². The van der Waals surface area contributed by atoms with Gasteiger partial charge in [-0.2, -0.15) is 0 Å². The summed E-state index contributed by atoms with van der Waals surface area (Å²) >= 11 is 5.93. The Labute approximate surface area is 162 Å². The van der Waals surface area contributed by atoms with Crippen LogP contribution in [-0.2, 0) is 0 Å². The van der Waals surface area contributed by atoms with Gasteiger partial charge in [-0.15, -0.1) is 0 Å². The Morgan fingerprint density at radius 2 is 1.93 bits per heavy atom. The minimum absolute atomic E-state index is 0.0174. The van der Waals surface area contributed by atoms with Crippen molar-refractivity contribution in [3.05, 3.63) is 65.3 Å². The van der Waals surface area contributed by atoms with Gasteiger partial charge in [0.25, 0.3) is 5.91 Å². The van der Waals surface area contributed by atoms with Gasteiger partial charge in [0.05, 0.1) is 16.8 Å². The van der Waals surface area contributed by atoms with Gasteiger partial charge in [0.1, 0.15) is 11.9 Å². The molecule has 6 heteroatoms. The van der Waals surface area contributed by atoms with Crippen molar-refractivity contribution in [3.8, 4) is 5.75 Å². The molecule has 1 aromatic heterocycles. The van der Waals surface area contributed by atoms with Crippen LogP contribution in [0.2, 0.25) is 5.02 Å². The molecule has 27 heavy (non-hydrogen) atoms. The quantitative estimate of drug-likeness (QED) is 0.692. The number of carbonyl (C=O) groups excluding carboxylic acids is 1. The number of pyridine rings is 1. The van der Waals surface area contributed by atoms with Crippen molar-refractivity contribution in [2.24, 2.45) is 0 Å². The van der Waals surface area contributed by atoms with Crippen LogP contribution in [0.5, 0.6) is 5.75 Å². The summed E-state index contributed by atoms with van der Waals surface area (Å²) in [6, 6.07) is 14.8. The third kappa shape index (κ3) is 3.69. The maximum absolute atomic E-state index is 13.0. The molecule has 5 nitrogen and oxygen atoms in total. The molecule has 4 rings (SSSR count). The van der Waals surface area contributed by atoms with E-state index in [1.165, 1.54) is 0 Å². The highest BCUT2D eigenvalue weighted by Crippen LogP contribution is 2.28. The fourth-order valence-corrected chi connectivity index (χ4v) is 3.61. The van der Waals surface area contributed by atoms with Crippen molar-refractivity contribution in [1.82, 2.24) is 9.88 Å². The lowest BCUT2D eigenvalue weighted by molar-refractivity contribution is 0.0598. The second-order valence-corrected chi connectivity index (χ2v) is 7.11. The zero-order chi connectivity index (χ0) is 18.8. The number of hydrogen-bond donors (Lipinski definition) is 1. The average molecular weight is 382 g/mol. The van der Waals surface area contributed by atoms with E-state index in [0.29, 0.717) is 35.1 Å². The second-order valence-electron chi connectivity index (χ2n) is 6.67. The van der Waals surface area contributed by atoms with Crippen LogP contribution in [0.15, 0.2) is 54.7 Å². The molecule has 0 spiro atoms. The van der Waals surface area contributed by atoms with Gasteiger partial charge in [0.2, 0.25) is 0 Å². The van der Waals surface area contributed by atoms with E-state index < -0.39 is 0 Å². The first-order chi connectivity index (χ1) is 13.1. The Morgan fingerprint density at radius 1 is 1.15 bits per heavy atom. The zero-order valence-electron chi connectivity index (χ0n) is 14.8. The average Bonchev–Trinajstić information content (AvgIpc) is 2.70. The molecule has 3 aromatic rings. The number of benzene rings is 2. The number of hydrogen-bond acceptors (Lipinski definition) is 4. The Morgan fingerprint density at radius 3 is 2.70 bits per heavy atom. The molecule has 1 fully saturated rings. The smallest absolute Gasteiger partial charge is 0.256 e. The number of aromatic nitrogens is 1. The van der Waals surface area contributed by atoms with E-state index in [4.69, 9.17) is 22.1 Å². The summed E-state index contributed by atoms with van der Waals surface area (Å²) in [6.07, 6.45) is 3.26. The standard InChI is InChI=1S/C21H20ClN3O2/c22-15-6-7-19(18(23)13-15)27-16-8-11-25(12-9-16)21(26)17-5-1-3-14-4-2-10-24-20(14)17/h1-7,10,13,16H,8-9,11-12,23H2. The Hall–Kier alpha value is -2.79.